The molecular formula is C7H7NO. The Morgan fingerprint density at radius 2 is 2.56 bits per heavy atom. The molecule has 0 aromatic carbocycles. The van der Waals surface area contributed by atoms with Crippen molar-refractivity contribution in [2.75, 3.05) is 0 Å². The first-order chi connectivity index (χ1) is 4.70. The summed E-state index contributed by atoms with van der Waals surface area (Å²) in [4.78, 5) is 14.2. The third-order valence-electron chi connectivity index (χ3n) is 1.03. The minimum Gasteiger partial charge on any atom is -0.298 e. The van der Waals surface area contributed by atoms with Gasteiger partial charge in [-0.15, -0.1) is 0 Å². The van der Waals surface area contributed by atoms with Gasteiger partial charge in [-0.1, -0.05) is 0 Å². The molecule has 0 fully saturated rings. The smallest absolute Gasteiger partial charge is 0.151 e. The molecule has 2 nitrogen and oxygen atoms in total. The number of aromatic nitrogens is 1. The van der Waals surface area contributed by atoms with E-state index < -0.39 is 6.26 Å². The normalized spacial score (nSPS) is 10.6. The van der Waals surface area contributed by atoms with Crippen LogP contribution in [0.5, 0.6) is 0 Å². The van der Waals surface area contributed by atoms with Crippen molar-refractivity contribution in [3.8, 4) is 0 Å². The SMILES string of the molecule is [2H]C(=O)c1ccc(C)nc1. The second-order valence-electron chi connectivity index (χ2n) is 1.79. The van der Waals surface area contributed by atoms with Crippen LogP contribution in [0.15, 0.2) is 18.3 Å². The van der Waals surface area contributed by atoms with Gasteiger partial charge in [0.25, 0.3) is 0 Å². The molecule has 1 aromatic heterocycles. The molecule has 0 bridgehead atoms. The molecule has 0 saturated carbocycles. The van der Waals surface area contributed by atoms with E-state index >= 15 is 0 Å². The third-order valence-corrected chi connectivity index (χ3v) is 1.03. The Bertz CT molecular complexity index is 242. The van der Waals surface area contributed by atoms with Gasteiger partial charge in [-0.25, -0.2) is 0 Å². The molecule has 0 atom stereocenters. The number of carbonyl (C=O) groups excluding carboxylic acids is 1. The number of rotatable bonds is 1. The molecule has 0 aliphatic carbocycles. The summed E-state index contributed by atoms with van der Waals surface area (Å²) in [6.07, 6.45) is 0.720. The van der Waals surface area contributed by atoms with Crippen LogP contribution in [0.1, 0.15) is 17.4 Å². The molecule has 0 aliphatic rings. The van der Waals surface area contributed by atoms with E-state index in [0.717, 1.165) is 5.69 Å². The Hall–Kier alpha value is -1.18. The van der Waals surface area contributed by atoms with Gasteiger partial charge < -0.3 is 0 Å². The van der Waals surface area contributed by atoms with Gasteiger partial charge in [0.1, 0.15) is 1.37 Å². The van der Waals surface area contributed by atoms with Crippen molar-refractivity contribution in [2.45, 2.75) is 6.92 Å². The highest BCUT2D eigenvalue weighted by atomic mass is 16.1. The molecule has 2 heteroatoms. The largest absolute Gasteiger partial charge is 0.298 e. The van der Waals surface area contributed by atoms with Crippen LogP contribution in [-0.2, 0) is 0 Å². The minimum absolute atomic E-state index is 0.339. The lowest BCUT2D eigenvalue weighted by molar-refractivity contribution is 0.112. The van der Waals surface area contributed by atoms with E-state index in [-0.39, 0.29) is 0 Å². The summed E-state index contributed by atoms with van der Waals surface area (Å²) in [6, 6.07) is 3.30. The number of hydrogen-bond acceptors (Lipinski definition) is 2. The molecule has 0 saturated heterocycles. The van der Waals surface area contributed by atoms with Gasteiger partial charge in [-0.2, -0.15) is 0 Å². The lowest BCUT2D eigenvalue weighted by Crippen LogP contribution is -1.82. The average Bonchev–Trinajstić information content (AvgIpc) is 1.88. The molecule has 0 radical (unpaired) electrons. The molecule has 0 spiro atoms. The van der Waals surface area contributed by atoms with Crippen molar-refractivity contribution in [1.29, 1.82) is 0 Å². The minimum atomic E-state index is -0.688. The van der Waals surface area contributed by atoms with E-state index in [2.05, 4.69) is 4.98 Å². The van der Waals surface area contributed by atoms with E-state index in [1.54, 1.807) is 12.1 Å². The van der Waals surface area contributed by atoms with E-state index in [9.17, 15) is 4.79 Å². The van der Waals surface area contributed by atoms with E-state index in [0.29, 0.717) is 5.56 Å². The quantitative estimate of drug-likeness (QED) is 0.524. The summed E-state index contributed by atoms with van der Waals surface area (Å²) < 4.78 is 6.71. The fourth-order valence-corrected chi connectivity index (χ4v) is 0.528. The predicted octanol–water partition coefficient (Wildman–Crippen LogP) is 1.20. The Morgan fingerprint density at radius 1 is 1.78 bits per heavy atom. The van der Waals surface area contributed by atoms with Gasteiger partial charge in [0, 0.05) is 17.5 Å². The molecule has 1 rings (SSSR count). The second kappa shape index (κ2) is 2.40. The molecule has 1 aromatic rings. The zero-order chi connectivity index (χ0) is 7.56. The Morgan fingerprint density at radius 3 is 3.00 bits per heavy atom. The van der Waals surface area contributed by atoms with Crippen LogP contribution in [0.4, 0.5) is 0 Å². The molecule has 9 heavy (non-hydrogen) atoms. The average molecular weight is 122 g/mol. The van der Waals surface area contributed by atoms with Crippen molar-refractivity contribution in [2.24, 2.45) is 0 Å². The topological polar surface area (TPSA) is 30.0 Å². The molecule has 0 N–H and O–H groups in total. The maximum absolute atomic E-state index is 10.4. The molecule has 1 heterocycles. The molecule has 0 unspecified atom stereocenters. The summed E-state index contributed by atoms with van der Waals surface area (Å²) in [5.41, 5.74) is 1.19. The number of hydrogen-bond donors (Lipinski definition) is 0. The standard InChI is InChI=1S/C7H7NO/c1-6-2-3-7(5-9)4-8-6/h2-5H,1H3/i5D. The number of aldehydes is 1. The fraction of sp³-hybridized carbons (Fsp3) is 0.143. The van der Waals surface area contributed by atoms with Gasteiger partial charge in [0.05, 0.1) is 0 Å². The number of pyridine rings is 1. The van der Waals surface area contributed by atoms with Gasteiger partial charge in [-0.3, -0.25) is 9.78 Å². The predicted molar refractivity (Wildman–Crippen MR) is 34.4 cm³/mol. The summed E-state index contributed by atoms with van der Waals surface area (Å²) >= 11 is 0. The Labute approximate surface area is 54.9 Å². The van der Waals surface area contributed by atoms with Crippen LogP contribution >= 0.6 is 0 Å². The second-order valence-corrected chi connectivity index (χ2v) is 1.79. The first-order valence-electron chi connectivity index (χ1n) is 3.14. The Kier molecular flexibility index (Phi) is 1.24. The van der Waals surface area contributed by atoms with E-state index in [1.165, 1.54) is 6.20 Å². The van der Waals surface area contributed by atoms with Crippen molar-refractivity contribution < 1.29 is 6.17 Å². The van der Waals surface area contributed by atoms with Crippen molar-refractivity contribution in [3.05, 3.63) is 29.6 Å². The third kappa shape index (κ3) is 1.35. The van der Waals surface area contributed by atoms with Crippen LogP contribution in [0.3, 0.4) is 0 Å². The van der Waals surface area contributed by atoms with Crippen molar-refractivity contribution in [1.82, 2.24) is 4.98 Å². The first kappa shape index (κ1) is 4.68. The maximum Gasteiger partial charge on any atom is 0.151 e. The maximum atomic E-state index is 10.4. The van der Waals surface area contributed by atoms with Crippen LogP contribution in [0.2, 0.25) is 0 Å². The highest BCUT2D eigenvalue weighted by Crippen LogP contribution is 1.94. The molecular weight excluding hydrogens is 114 g/mol. The summed E-state index contributed by atoms with van der Waals surface area (Å²) in [5, 5.41) is 0. The highest BCUT2D eigenvalue weighted by molar-refractivity contribution is 5.73. The van der Waals surface area contributed by atoms with Gasteiger partial charge >= 0.3 is 0 Å². The monoisotopic (exact) mass is 122 g/mol. The lowest BCUT2D eigenvalue weighted by Gasteiger charge is -1.88. The lowest BCUT2D eigenvalue weighted by atomic mass is 10.3. The zero-order valence-corrected chi connectivity index (χ0v) is 5.09. The molecule has 46 valence electrons. The first-order valence-corrected chi connectivity index (χ1v) is 2.64. The summed E-state index contributed by atoms with van der Waals surface area (Å²) in [6.45, 7) is 1.83. The molecule has 0 amide bonds. The number of carbonyl (C=O) groups is 1. The summed E-state index contributed by atoms with van der Waals surface area (Å²) in [5.74, 6) is 0. The van der Waals surface area contributed by atoms with Crippen molar-refractivity contribution >= 4 is 6.26 Å². The zero-order valence-electron chi connectivity index (χ0n) is 6.09. The van der Waals surface area contributed by atoms with E-state index in [1.807, 2.05) is 6.92 Å². The van der Waals surface area contributed by atoms with Crippen LogP contribution in [-0.4, -0.2) is 11.2 Å². The van der Waals surface area contributed by atoms with Crippen molar-refractivity contribution in [3.63, 3.8) is 0 Å². The van der Waals surface area contributed by atoms with Crippen LogP contribution in [0.25, 0.3) is 0 Å². The fourth-order valence-electron chi connectivity index (χ4n) is 0.528. The summed E-state index contributed by atoms with van der Waals surface area (Å²) in [7, 11) is 0. The van der Waals surface area contributed by atoms with Crippen LogP contribution < -0.4 is 0 Å². The number of aryl methyl sites for hydroxylation is 1. The highest BCUT2D eigenvalue weighted by Gasteiger charge is 1.86. The van der Waals surface area contributed by atoms with Gasteiger partial charge in [0.15, 0.2) is 6.26 Å². The Balaban J connectivity index is 3.00. The van der Waals surface area contributed by atoms with Crippen LogP contribution in [0, 0.1) is 6.92 Å². The van der Waals surface area contributed by atoms with E-state index in [4.69, 9.17) is 1.37 Å². The molecule has 0 aliphatic heterocycles. The van der Waals surface area contributed by atoms with Gasteiger partial charge in [-0.05, 0) is 19.1 Å². The number of nitrogens with zero attached hydrogens (tertiary/aromatic N) is 1. The van der Waals surface area contributed by atoms with Gasteiger partial charge in [0.2, 0.25) is 0 Å².